The molecule has 12 nitrogen and oxygen atoms in total. The Balaban J connectivity index is 1.83. The Hall–Kier alpha value is -4.45. The Labute approximate surface area is 214 Å². The van der Waals surface area contributed by atoms with Gasteiger partial charge in [-0.05, 0) is 36.6 Å². The van der Waals surface area contributed by atoms with Gasteiger partial charge < -0.3 is 37.8 Å². The van der Waals surface area contributed by atoms with Crippen LogP contribution in [-0.4, -0.2) is 65.9 Å². The molecule has 0 saturated heterocycles. The molecule has 0 radical (unpaired) electrons. The molecule has 0 fully saturated rings. The number of phenols is 1. The molecule has 5 amide bonds. The van der Waals surface area contributed by atoms with Gasteiger partial charge in [-0.1, -0.05) is 42.5 Å². The summed E-state index contributed by atoms with van der Waals surface area (Å²) >= 11 is 0. The Morgan fingerprint density at radius 2 is 1.38 bits per heavy atom. The summed E-state index contributed by atoms with van der Waals surface area (Å²) in [6.07, 6.45) is 0.349. The van der Waals surface area contributed by atoms with Crippen LogP contribution in [0.4, 0.5) is 0 Å². The van der Waals surface area contributed by atoms with E-state index >= 15 is 0 Å². The maximum Gasteiger partial charge on any atom is 0.243 e. The van der Waals surface area contributed by atoms with E-state index in [0.717, 1.165) is 11.1 Å². The highest BCUT2D eigenvalue weighted by molar-refractivity contribution is 5.93. The van der Waals surface area contributed by atoms with E-state index in [1.165, 1.54) is 19.1 Å². The molecule has 0 heterocycles. The zero-order chi connectivity index (χ0) is 27.4. The number of aromatic hydroxyl groups is 1. The molecule has 2 aromatic rings. The van der Waals surface area contributed by atoms with Crippen LogP contribution >= 0.6 is 0 Å². The van der Waals surface area contributed by atoms with Gasteiger partial charge >= 0.3 is 0 Å². The first kappa shape index (κ1) is 28.8. The lowest BCUT2D eigenvalue weighted by Crippen LogP contribution is -2.54. The van der Waals surface area contributed by atoms with Crippen molar-refractivity contribution in [2.24, 2.45) is 11.5 Å². The van der Waals surface area contributed by atoms with E-state index < -0.39 is 60.8 Å². The third kappa shape index (κ3) is 10.4. The smallest absolute Gasteiger partial charge is 0.243 e. The molecule has 0 aliphatic carbocycles. The highest BCUT2D eigenvalue weighted by Crippen LogP contribution is 2.10. The minimum Gasteiger partial charge on any atom is -0.508 e. The van der Waals surface area contributed by atoms with Crippen molar-refractivity contribution >= 4 is 29.5 Å². The summed E-state index contributed by atoms with van der Waals surface area (Å²) in [4.78, 5) is 60.6. The molecular weight excluding hydrogens is 480 g/mol. The summed E-state index contributed by atoms with van der Waals surface area (Å²) in [5, 5.41) is 19.0. The number of nitrogens with one attached hydrogen (secondary N) is 4. The lowest BCUT2D eigenvalue weighted by atomic mass is 10.0. The van der Waals surface area contributed by atoms with E-state index in [-0.39, 0.29) is 18.6 Å². The number of nitrogens with two attached hydrogens (primary N) is 2. The minimum atomic E-state index is -1.02. The van der Waals surface area contributed by atoms with E-state index in [1.54, 1.807) is 42.5 Å². The van der Waals surface area contributed by atoms with Crippen molar-refractivity contribution < 1.29 is 29.1 Å². The van der Waals surface area contributed by atoms with Crippen molar-refractivity contribution in [2.75, 3.05) is 13.1 Å². The standard InChI is InChI=1S/C25H32N6O6/c1-15(23(27)35)30-25(37)20(12-16-5-3-2-4-6-16)31-22(34)14-28-21(33)13-29-24(36)19(26)11-17-7-9-18(32)10-8-17/h2-10,15,19-20,32H,11-14,26H2,1H3,(H2,27,35)(H,28,33)(H,29,36)(H,30,37)(H,31,34)/t15-,19+,20+/m1/s1. The van der Waals surface area contributed by atoms with E-state index in [2.05, 4.69) is 21.3 Å². The maximum absolute atomic E-state index is 12.6. The first-order chi connectivity index (χ1) is 17.5. The van der Waals surface area contributed by atoms with Gasteiger partial charge in [0.2, 0.25) is 29.5 Å². The normalized spacial score (nSPS) is 12.9. The van der Waals surface area contributed by atoms with Crippen molar-refractivity contribution in [2.45, 2.75) is 37.9 Å². The molecule has 0 bridgehead atoms. The SMILES string of the molecule is C[C@@H](NC(=O)[C@H](Cc1ccccc1)NC(=O)CNC(=O)CNC(=O)[C@@H](N)Cc1ccc(O)cc1)C(N)=O. The van der Waals surface area contributed by atoms with Crippen molar-refractivity contribution in [3.05, 3.63) is 65.7 Å². The number of carbonyl (C=O) groups is 5. The summed E-state index contributed by atoms with van der Waals surface area (Å²) in [5.74, 6) is -3.08. The highest BCUT2D eigenvalue weighted by atomic mass is 16.3. The fourth-order valence-electron chi connectivity index (χ4n) is 3.21. The predicted octanol–water partition coefficient (Wildman–Crippen LogP) is -1.79. The number of amides is 5. The first-order valence-corrected chi connectivity index (χ1v) is 11.6. The van der Waals surface area contributed by atoms with Crippen LogP contribution < -0.4 is 32.7 Å². The van der Waals surface area contributed by atoms with Crippen molar-refractivity contribution in [3.63, 3.8) is 0 Å². The summed E-state index contributed by atoms with van der Waals surface area (Å²) in [6.45, 7) is 0.574. The number of benzene rings is 2. The number of primary amides is 1. The molecule has 37 heavy (non-hydrogen) atoms. The quantitative estimate of drug-likeness (QED) is 0.164. The molecule has 3 atom stereocenters. The third-order valence-corrected chi connectivity index (χ3v) is 5.32. The molecule has 0 aromatic heterocycles. The van der Waals surface area contributed by atoms with Gasteiger partial charge in [0.1, 0.15) is 17.8 Å². The van der Waals surface area contributed by atoms with Crippen LogP contribution in [0.3, 0.4) is 0 Å². The molecule has 2 rings (SSSR count). The van der Waals surface area contributed by atoms with Crippen molar-refractivity contribution in [1.29, 1.82) is 0 Å². The average molecular weight is 513 g/mol. The molecular formula is C25H32N6O6. The van der Waals surface area contributed by atoms with Crippen molar-refractivity contribution in [1.82, 2.24) is 21.3 Å². The van der Waals surface area contributed by atoms with Gasteiger partial charge in [-0.15, -0.1) is 0 Å². The van der Waals surface area contributed by atoms with E-state index in [9.17, 15) is 29.1 Å². The van der Waals surface area contributed by atoms with Gasteiger partial charge in [-0.3, -0.25) is 24.0 Å². The highest BCUT2D eigenvalue weighted by Gasteiger charge is 2.24. The first-order valence-electron chi connectivity index (χ1n) is 11.6. The lowest BCUT2D eigenvalue weighted by molar-refractivity contribution is -0.131. The summed E-state index contributed by atoms with van der Waals surface area (Å²) in [5.41, 5.74) is 12.6. The third-order valence-electron chi connectivity index (χ3n) is 5.32. The largest absolute Gasteiger partial charge is 0.508 e. The monoisotopic (exact) mass is 512 g/mol. The minimum absolute atomic E-state index is 0.0923. The number of hydrogen-bond donors (Lipinski definition) is 7. The van der Waals surface area contributed by atoms with E-state index in [1.807, 2.05) is 0 Å². The van der Waals surface area contributed by atoms with Gasteiger partial charge in [0, 0.05) is 6.42 Å². The lowest BCUT2D eigenvalue weighted by Gasteiger charge is -2.20. The van der Waals surface area contributed by atoms with Crippen LogP contribution in [0.5, 0.6) is 5.75 Å². The molecule has 9 N–H and O–H groups in total. The number of carbonyl (C=O) groups excluding carboxylic acids is 5. The van der Waals surface area contributed by atoms with Crippen LogP contribution in [0.15, 0.2) is 54.6 Å². The van der Waals surface area contributed by atoms with Gasteiger partial charge in [0.15, 0.2) is 0 Å². The molecule has 2 aromatic carbocycles. The number of hydrogen-bond acceptors (Lipinski definition) is 7. The predicted molar refractivity (Wildman–Crippen MR) is 135 cm³/mol. The molecule has 0 spiro atoms. The second-order valence-corrected chi connectivity index (χ2v) is 8.41. The van der Waals surface area contributed by atoms with Crippen LogP contribution in [0.2, 0.25) is 0 Å². The zero-order valence-corrected chi connectivity index (χ0v) is 20.4. The Kier molecular flexibility index (Phi) is 11.0. The van der Waals surface area contributed by atoms with Crippen LogP contribution in [0.25, 0.3) is 0 Å². The Morgan fingerprint density at radius 1 is 0.784 bits per heavy atom. The molecule has 198 valence electrons. The zero-order valence-electron chi connectivity index (χ0n) is 20.4. The second kappa shape index (κ2) is 14.2. The Bertz CT molecular complexity index is 1090. The van der Waals surface area contributed by atoms with E-state index in [0.29, 0.717) is 0 Å². The van der Waals surface area contributed by atoms with Gasteiger partial charge in [-0.2, -0.15) is 0 Å². The summed E-state index contributed by atoms with van der Waals surface area (Å²) in [7, 11) is 0. The van der Waals surface area contributed by atoms with Gasteiger partial charge in [0.25, 0.3) is 0 Å². The fourth-order valence-corrected chi connectivity index (χ4v) is 3.21. The second-order valence-electron chi connectivity index (χ2n) is 8.41. The Morgan fingerprint density at radius 3 is 2.00 bits per heavy atom. The van der Waals surface area contributed by atoms with Gasteiger partial charge in [-0.25, -0.2) is 0 Å². The summed E-state index contributed by atoms with van der Waals surface area (Å²) in [6, 6.07) is 12.3. The molecule has 0 unspecified atom stereocenters. The van der Waals surface area contributed by atoms with Crippen LogP contribution in [0, 0.1) is 0 Å². The average Bonchev–Trinajstić information content (AvgIpc) is 2.87. The van der Waals surface area contributed by atoms with Crippen LogP contribution in [0.1, 0.15) is 18.1 Å². The topological polar surface area (TPSA) is 206 Å². The fraction of sp³-hybridized carbons (Fsp3) is 0.320. The van der Waals surface area contributed by atoms with Crippen LogP contribution in [-0.2, 0) is 36.8 Å². The van der Waals surface area contributed by atoms with E-state index in [4.69, 9.17) is 11.5 Å². The van der Waals surface area contributed by atoms with Gasteiger partial charge in [0.05, 0.1) is 19.1 Å². The molecule has 0 aliphatic heterocycles. The number of phenolic OH excluding ortho intramolecular Hbond substituents is 1. The molecule has 0 saturated carbocycles. The number of rotatable bonds is 13. The maximum atomic E-state index is 12.6. The molecule has 0 aliphatic rings. The van der Waals surface area contributed by atoms with Crippen molar-refractivity contribution in [3.8, 4) is 5.75 Å². The molecule has 12 heteroatoms. The summed E-state index contributed by atoms with van der Waals surface area (Å²) < 4.78 is 0.